The summed E-state index contributed by atoms with van der Waals surface area (Å²) in [6.07, 6.45) is 6.15. The molecule has 5 nitrogen and oxygen atoms in total. The molecule has 0 saturated carbocycles. The van der Waals surface area contributed by atoms with Gasteiger partial charge in [-0.15, -0.1) is 11.3 Å². The van der Waals surface area contributed by atoms with E-state index in [1.54, 1.807) is 15.9 Å². The van der Waals surface area contributed by atoms with Crippen LogP contribution in [0, 0.1) is 0 Å². The number of rotatable bonds is 0. The van der Waals surface area contributed by atoms with E-state index in [9.17, 15) is 4.79 Å². The number of hydrogen-bond acceptors (Lipinski definition) is 4. The summed E-state index contributed by atoms with van der Waals surface area (Å²) in [7, 11) is 1.81. The molecule has 0 fully saturated rings. The van der Waals surface area contributed by atoms with E-state index in [-0.39, 0.29) is 5.69 Å². The fourth-order valence-electron chi connectivity index (χ4n) is 2.80. The molecule has 3 aromatic heterocycles. The lowest BCUT2D eigenvalue weighted by molar-refractivity contribution is 0.700. The Morgan fingerprint density at radius 1 is 1.33 bits per heavy atom. The van der Waals surface area contributed by atoms with Crippen molar-refractivity contribution >= 4 is 27.2 Å². The minimum Gasteiger partial charge on any atom is -0.286 e. The van der Waals surface area contributed by atoms with Crippen molar-refractivity contribution in [2.75, 3.05) is 0 Å². The standard InChI is InChI=1S/C12H12N4OS/c1-15-11-9(7-4-2-3-5-8(7)18-11)10-13-6-14-16(10)12(15)17/h6H,2-5H2,1H3. The predicted molar refractivity (Wildman–Crippen MR) is 70.3 cm³/mol. The van der Waals surface area contributed by atoms with Crippen LogP contribution in [0.15, 0.2) is 11.1 Å². The Hall–Kier alpha value is -1.69. The molecule has 0 spiro atoms. The van der Waals surface area contributed by atoms with Crippen molar-refractivity contribution in [1.29, 1.82) is 0 Å². The molecule has 4 rings (SSSR count). The van der Waals surface area contributed by atoms with Crippen LogP contribution >= 0.6 is 11.3 Å². The van der Waals surface area contributed by atoms with Gasteiger partial charge in [0.25, 0.3) is 0 Å². The predicted octanol–water partition coefficient (Wildman–Crippen LogP) is 1.52. The van der Waals surface area contributed by atoms with Crippen LogP contribution in [-0.4, -0.2) is 19.2 Å². The van der Waals surface area contributed by atoms with Crippen LogP contribution in [0.4, 0.5) is 0 Å². The molecule has 0 bridgehead atoms. The van der Waals surface area contributed by atoms with Crippen LogP contribution in [-0.2, 0) is 19.9 Å². The second-order valence-corrected chi connectivity index (χ2v) is 5.81. The first-order valence-electron chi connectivity index (χ1n) is 6.10. The SMILES string of the molecule is Cn1c(=O)n2ncnc2c2c3c(sc21)CCCC3. The van der Waals surface area contributed by atoms with Crippen molar-refractivity contribution in [3.05, 3.63) is 27.3 Å². The van der Waals surface area contributed by atoms with E-state index >= 15 is 0 Å². The lowest BCUT2D eigenvalue weighted by Crippen LogP contribution is -2.24. The molecule has 3 heterocycles. The van der Waals surface area contributed by atoms with Gasteiger partial charge in [-0.2, -0.15) is 9.61 Å². The molecule has 0 aliphatic heterocycles. The van der Waals surface area contributed by atoms with Gasteiger partial charge < -0.3 is 0 Å². The molecular weight excluding hydrogens is 248 g/mol. The fourth-order valence-corrected chi connectivity index (χ4v) is 4.14. The van der Waals surface area contributed by atoms with E-state index < -0.39 is 0 Å². The van der Waals surface area contributed by atoms with E-state index in [0.29, 0.717) is 5.65 Å². The van der Waals surface area contributed by atoms with Crippen molar-refractivity contribution in [2.45, 2.75) is 25.7 Å². The summed E-state index contributed by atoms with van der Waals surface area (Å²) >= 11 is 1.74. The second-order valence-electron chi connectivity index (χ2n) is 4.73. The summed E-state index contributed by atoms with van der Waals surface area (Å²) in [5, 5.41) is 5.17. The Morgan fingerprint density at radius 3 is 3.06 bits per heavy atom. The summed E-state index contributed by atoms with van der Waals surface area (Å²) in [4.78, 5) is 18.9. The number of aryl methyl sites for hydroxylation is 3. The zero-order chi connectivity index (χ0) is 12.3. The molecule has 6 heteroatoms. The molecule has 3 aromatic rings. The van der Waals surface area contributed by atoms with E-state index in [2.05, 4.69) is 10.1 Å². The van der Waals surface area contributed by atoms with Crippen LogP contribution in [0.5, 0.6) is 0 Å². The van der Waals surface area contributed by atoms with Gasteiger partial charge in [-0.25, -0.2) is 9.78 Å². The van der Waals surface area contributed by atoms with Crippen molar-refractivity contribution in [3.8, 4) is 0 Å². The molecule has 92 valence electrons. The highest BCUT2D eigenvalue weighted by atomic mass is 32.1. The molecule has 1 aliphatic rings. The Kier molecular flexibility index (Phi) is 1.94. The van der Waals surface area contributed by atoms with Crippen molar-refractivity contribution in [1.82, 2.24) is 19.2 Å². The van der Waals surface area contributed by atoms with Gasteiger partial charge in [0.1, 0.15) is 11.2 Å². The third kappa shape index (κ3) is 1.13. The lowest BCUT2D eigenvalue weighted by atomic mass is 9.97. The van der Waals surface area contributed by atoms with Gasteiger partial charge in [0.05, 0.1) is 5.39 Å². The number of nitrogens with zero attached hydrogens (tertiary/aromatic N) is 4. The van der Waals surface area contributed by atoms with E-state index in [1.807, 2.05) is 7.05 Å². The fraction of sp³-hybridized carbons (Fsp3) is 0.417. The number of thiophene rings is 1. The highest BCUT2D eigenvalue weighted by molar-refractivity contribution is 7.19. The minimum absolute atomic E-state index is 0.117. The minimum atomic E-state index is -0.117. The van der Waals surface area contributed by atoms with Gasteiger partial charge >= 0.3 is 5.69 Å². The molecule has 0 amide bonds. The Labute approximate surface area is 107 Å². The lowest BCUT2D eigenvalue weighted by Gasteiger charge is -2.10. The van der Waals surface area contributed by atoms with Crippen LogP contribution < -0.4 is 5.69 Å². The van der Waals surface area contributed by atoms with Gasteiger partial charge in [-0.05, 0) is 31.2 Å². The van der Waals surface area contributed by atoms with Gasteiger partial charge in [-0.1, -0.05) is 0 Å². The van der Waals surface area contributed by atoms with Gasteiger partial charge in [0.2, 0.25) is 0 Å². The summed E-state index contributed by atoms with van der Waals surface area (Å²) in [6, 6.07) is 0. The number of fused-ring (bicyclic) bond motifs is 5. The molecule has 0 saturated heterocycles. The number of hydrogen-bond donors (Lipinski definition) is 0. The van der Waals surface area contributed by atoms with Crippen LogP contribution in [0.3, 0.4) is 0 Å². The Morgan fingerprint density at radius 2 is 2.17 bits per heavy atom. The first-order chi connectivity index (χ1) is 8.77. The molecule has 0 N–H and O–H groups in total. The Balaban J connectivity index is 2.31. The smallest absolute Gasteiger partial charge is 0.286 e. The molecule has 0 atom stereocenters. The monoisotopic (exact) mass is 260 g/mol. The maximum Gasteiger partial charge on any atom is 0.351 e. The summed E-state index contributed by atoms with van der Waals surface area (Å²) in [5.41, 5.74) is 1.98. The first kappa shape index (κ1) is 10.3. The zero-order valence-electron chi connectivity index (χ0n) is 10.0. The Bertz CT molecular complexity index is 826. The largest absolute Gasteiger partial charge is 0.351 e. The summed E-state index contributed by atoms with van der Waals surface area (Å²) in [6.45, 7) is 0. The normalized spacial score (nSPS) is 15.4. The number of aromatic nitrogens is 4. The molecule has 0 aromatic carbocycles. The van der Waals surface area contributed by atoms with Gasteiger partial charge in [0, 0.05) is 11.9 Å². The molecule has 0 radical (unpaired) electrons. The second kappa shape index (κ2) is 3.41. The van der Waals surface area contributed by atoms with Crippen molar-refractivity contribution in [2.24, 2.45) is 7.05 Å². The van der Waals surface area contributed by atoms with Crippen LogP contribution in [0.1, 0.15) is 23.3 Å². The van der Waals surface area contributed by atoms with Crippen LogP contribution in [0.25, 0.3) is 15.9 Å². The highest BCUT2D eigenvalue weighted by Crippen LogP contribution is 2.36. The van der Waals surface area contributed by atoms with Crippen molar-refractivity contribution < 1.29 is 0 Å². The molecule has 1 aliphatic carbocycles. The molecule has 18 heavy (non-hydrogen) atoms. The first-order valence-corrected chi connectivity index (χ1v) is 6.92. The summed E-state index contributed by atoms with van der Waals surface area (Å²) in [5.74, 6) is 0. The molecule has 0 unspecified atom stereocenters. The highest BCUT2D eigenvalue weighted by Gasteiger charge is 2.21. The maximum atomic E-state index is 12.1. The topological polar surface area (TPSA) is 52.2 Å². The zero-order valence-corrected chi connectivity index (χ0v) is 10.8. The van der Waals surface area contributed by atoms with E-state index in [0.717, 1.165) is 23.1 Å². The average Bonchev–Trinajstić information content (AvgIpc) is 2.99. The van der Waals surface area contributed by atoms with E-state index in [1.165, 1.54) is 34.1 Å². The van der Waals surface area contributed by atoms with Crippen molar-refractivity contribution in [3.63, 3.8) is 0 Å². The van der Waals surface area contributed by atoms with Crippen LogP contribution in [0.2, 0.25) is 0 Å². The quantitative estimate of drug-likeness (QED) is 0.616. The van der Waals surface area contributed by atoms with Gasteiger partial charge in [-0.3, -0.25) is 4.57 Å². The third-order valence-electron chi connectivity index (χ3n) is 3.70. The van der Waals surface area contributed by atoms with Gasteiger partial charge in [0.15, 0.2) is 5.65 Å². The molecular formula is C12H12N4OS. The third-order valence-corrected chi connectivity index (χ3v) is 5.07. The average molecular weight is 260 g/mol. The van der Waals surface area contributed by atoms with E-state index in [4.69, 9.17) is 0 Å². The maximum absolute atomic E-state index is 12.1. The summed E-state index contributed by atoms with van der Waals surface area (Å²) < 4.78 is 3.10.